The molecule has 0 spiro atoms. The van der Waals surface area contributed by atoms with Crippen molar-refractivity contribution >= 4 is 34.9 Å². The summed E-state index contributed by atoms with van der Waals surface area (Å²) in [4.78, 5) is 23.7. The van der Waals surface area contributed by atoms with E-state index in [1.54, 1.807) is 0 Å². The molecule has 0 fully saturated rings. The van der Waals surface area contributed by atoms with Crippen LogP contribution in [0.3, 0.4) is 0 Å². The lowest BCUT2D eigenvalue weighted by Crippen LogP contribution is -2.25. The second kappa shape index (κ2) is 7.72. The van der Waals surface area contributed by atoms with Crippen molar-refractivity contribution in [3.05, 3.63) is 75.9 Å². The third kappa shape index (κ3) is 3.89. The Labute approximate surface area is 173 Å². The van der Waals surface area contributed by atoms with E-state index in [-0.39, 0.29) is 17.7 Å². The molecule has 2 amide bonds. The van der Waals surface area contributed by atoms with Crippen molar-refractivity contribution in [1.29, 1.82) is 0 Å². The molecule has 2 aromatic carbocycles. The predicted molar refractivity (Wildman–Crippen MR) is 113 cm³/mol. The Bertz CT molecular complexity index is 1090. The van der Waals surface area contributed by atoms with E-state index in [1.165, 1.54) is 6.92 Å². The molecule has 0 saturated carbocycles. The number of aromatic nitrogens is 2. The summed E-state index contributed by atoms with van der Waals surface area (Å²) < 4.78 is 1.81. The van der Waals surface area contributed by atoms with Gasteiger partial charge in [-0.25, -0.2) is 4.68 Å². The van der Waals surface area contributed by atoms with Crippen molar-refractivity contribution in [1.82, 2.24) is 9.78 Å². The van der Waals surface area contributed by atoms with Crippen LogP contribution in [0, 0.1) is 6.92 Å². The topological polar surface area (TPSA) is 76.0 Å². The zero-order chi connectivity index (χ0) is 20.5. The highest BCUT2D eigenvalue weighted by Crippen LogP contribution is 2.39. The van der Waals surface area contributed by atoms with Crippen molar-refractivity contribution in [3.8, 4) is 0 Å². The van der Waals surface area contributed by atoms with Crippen molar-refractivity contribution in [2.45, 2.75) is 32.7 Å². The summed E-state index contributed by atoms with van der Waals surface area (Å²) in [7, 11) is 0. The molecular formula is C22H21ClN4O2. The summed E-state index contributed by atoms with van der Waals surface area (Å²) in [6.45, 7) is 3.91. The number of aryl methyl sites for hydroxylation is 1. The fourth-order valence-electron chi connectivity index (χ4n) is 3.80. The lowest BCUT2D eigenvalue weighted by atomic mass is 9.85. The summed E-state index contributed by atoms with van der Waals surface area (Å²) in [6, 6.07) is 15.2. The SMILES string of the molecule is CC(=O)Nc1ccc(C2CC(=O)Nc3c2c(C)nn3Cc2ccccc2Cl)cc1. The molecule has 0 saturated heterocycles. The van der Waals surface area contributed by atoms with E-state index in [1.807, 2.05) is 60.1 Å². The molecule has 6 nitrogen and oxygen atoms in total. The van der Waals surface area contributed by atoms with Gasteiger partial charge in [-0.3, -0.25) is 9.59 Å². The van der Waals surface area contributed by atoms with Gasteiger partial charge in [0.25, 0.3) is 0 Å². The summed E-state index contributed by atoms with van der Waals surface area (Å²) >= 11 is 6.31. The van der Waals surface area contributed by atoms with Gasteiger partial charge < -0.3 is 10.6 Å². The van der Waals surface area contributed by atoms with Crippen molar-refractivity contribution in [3.63, 3.8) is 0 Å². The molecule has 1 aromatic heterocycles. The molecule has 2 N–H and O–H groups in total. The Morgan fingerprint density at radius 2 is 1.97 bits per heavy atom. The first-order valence-electron chi connectivity index (χ1n) is 9.40. The van der Waals surface area contributed by atoms with Crippen LogP contribution in [0.15, 0.2) is 48.5 Å². The number of carbonyl (C=O) groups excluding carboxylic acids is 2. The molecule has 0 radical (unpaired) electrons. The fraction of sp³-hybridized carbons (Fsp3) is 0.227. The number of fused-ring (bicyclic) bond motifs is 1. The zero-order valence-corrected chi connectivity index (χ0v) is 17.0. The Kier molecular flexibility index (Phi) is 5.11. The average Bonchev–Trinajstić information content (AvgIpc) is 2.98. The Morgan fingerprint density at radius 1 is 1.24 bits per heavy atom. The number of hydrogen-bond donors (Lipinski definition) is 2. The Hall–Kier alpha value is -3.12. The molecule has 1 unspecified atom stereocenters. The number of anilines is 2. The van der Waals surface area contributed by atoms with E-state index in [0.717, 1.165) is 33.9 Å². The van der Waals surface area contributed by atoms with Gasteiger partial charge in [-0.15, -0.1) is 0 Å². The van der Waals surface area contributed by atoms with Crippen LogP contribution in [0.2, 0.25) is 5.02 Å². The number of amides is 2. The lowest BCUT2D eigenvalue weighted by Gasteiger charge is -2.24. The molecule has 1 aliphatic heterocycles. The predicted octanol–water partition coefficient (Wildman–Crippen LogP) is 4.33. The Balaban J connectivity index is 1.70. The number of benzene rings is 2. The van der Waals surface area contributed by atoms with Gasteiger partial charge >= 0.3 is 0 Å². The molecule has 4 rings (SSSR count). The van der Waals surface area contributed by atoms with Gasteiger partial charge in [0, 0.05) is 35.5 Å². The molecule has 0 bridgehead atoms. The van der Waals surface area contributed by atoms with Crippen molar-refractivity contribution < 1.29 is 9.59 Å². The van der Waals surface area contributed by atoms with Crippen LogP contribution in [0.4, 0.5) is 11.5 Å². The minimum atomic E-state index is -0.117. The lowest BCUT2D eigenvalue weighted by molar-refractivity contribution is -0.117. The average molecular weight is 409 g/mol. The first-order valence-corrected chi connectivity index (χ1v) is 9.78. The van der Waals surface area contributed by atoms with Crippen molar-refractivity contribution in [2.24, 2.45) is 0 Å². The summed E-state index contributed by atoms with van der Waals surface area (Å²) in [6.07, 6.45) is 0.352. The largest absolute Gasteiger partial charge is 0.326 e. The highest BCUT2D eigenvalue weighted by atomic mass is 35.5. The van der Waals surface area contributed by atoms with Crippen LogP contribution < -0.4 is 10.6 Å². The van der Waals surface area contributed by atoms with Gasteiger partial charge in [-0.1, -0.05) is 41.9 Å². The van der Waals surface area contributed by atoms with Gasteiger partial charge in [0.15, 0.2) is 0 Å². The van der Waals surface area contributed by atoms with E-state index in [4.69, 9.17) is 11.6 Å². The molecule has 29 heavy (non-hydrogen) atoms. The first kappa shape index (κ1) is 19.2. The van der Waals surface area contributed by atoms with Gasteiger partial charge in [-0.2, -0.15) is 5.10 Å². The quantitative estimate of drug-likeness (QED) is 0.674. The summed E-state index contributed by atoms with van der Waals surface area (Å²) in [5.74, 6) is 0.460. The van der Waals surface area contributed by atoms with Gasteiger partial charge in [0.2, 0.25) is 11.8 Å². The van der Waals surface area contributed by atoms with Crippen LogP contribution >= 0.6 is 11.6 Å². The highest BCUT2D eigenvalue weighted by Gasteiger charge is 2.32. The molecule has 148 valence electrons. The highest BCUT2D eigenvalue weighted by molar-refractivity contribution is 6.31. The van der Waals surface area contributed by atoms with Crippen LogP contribution in [0.1, 0.15) is 41.6 Å². The van der Waals surface area contributed by atoms with Crippen LogP contribution in [0.25, 0.3) is 0 Å². The maximum absolute atomic E-state index is 12.5. The smallest absolute Gasteiger partial charge is 0.226 e. The van der Waals surface area contributed by atoms with Gasteiger partial charge in [-0.05, 0) is 36.2 Å². The van der Waals surface area contributed by atoms with E-state index in [2.05, 4.69) is 15.7 Å². The zero-order valence-electron chi connectivity index (χ0n) is 16.2. The fourth-order valence-corrected chi connectivity index (χ4v) is 4.00. The monoisotopic (exact) mass is 408 g/mol. The minimum Gasteiger partial charge on any atom is -0.326 e. The standard InChI is InChI=1S/C22H21ClN4O2/c1-13-21-18(15-7-9-17(10-8-15)24-14(2)28)11-20(29)25-22(21)27(26-13)12-16-5-3-4-6-19(16)23/h3-10,18H,11-12H2,1-2H3,(H,24,28)(H,25,29). The maximum atomic E-state index is 12.5. The van der Waals surface area contributed by atoms with Gasteiger partial charge in [0.05, 0.1) is 12.2 Å². The molecule has 7 heteroatoms. The molecule has 1 aliphatic rings. The number of carbonyl (C=O) groups is 2. The number of rotatable bonds is 4. The van der Waals surface area contributed by atoms with Gasteiger partial charge in [0.1, 0.15) is 5.82 Å². The number of nitrogens with zero attached hydrogens (tertiary/aromatic N) is 2. The number of hydrogen-bond acceptors (Lipinski definition) is 3. The van der Waals surface area contributed by atoms with Crippen LogP contribution in [0.5, 0.6) is 0 Å². The third-order valence-electron chi connectivity index (χ3n) is 5.08. The van der Waals surface area contributed by atoms with Crippen LogP contribution in [-0.4, -0.2) is 21.6 Å². The summed E-state index contributed by atoms with van der Waals surface area (Å²) in [5.41, 5.74) is 4.57. The normalized spacial score (nSPS) is 15.6. The Morgan fingerprint density at radius 3 is 2.66 bits per heavy atom. The molecular weight excluding hydrogens is 388 g/mol. The van der Waals surface area contributed by atoms with E-state index < -0.39 is 0 Å². The van der Waals surface area contributed by atoms with Crippen molar-refractivity contribution in [2.75, 3.05) is 10.6 Å². The number of halogens is 1. The second-order valence-electron chi connectivity index (χ2n) is 7.20. The third-order valence-corrected chi connectivity index (χ3v) is 5.45. The van der Waals surface area contributed by atoms with E-state index in [9.17, 15) is 9.59 Å². The minimum absolute atomic E-state index is 0.0475. The number of nitrogens with one attached hydrogen (secondary N) is 2. The molecule has 1 atom stereocenters. The second-order valence-corrected chi connectivity index (χ2v) is 7.61. The molecule has 0 aliphatic carbocycles. The summed E-state index contributed by atoms with van der Waals surface area (Å²) in [5, 5.41) is 11.1. The van der Waals surface area contributed by atoms with E-state index >= 15 is 0 Å². The van der Waals surface area contributed by atoms with Crippen LogP contribution in [-0.2, 0) is 16.1 Å². The molecule has 3 aromatic rings. The maximum Gasteiger partial charge on any atom is 0.226 e. The first-order chi connectivity index (χ1) is 13.9. The van der Waals surface area contributed by atoms with E-state index in [0.29, 0.717) is 18.0 Å². The molecule has 2 heterocycles.